The zero-order valence-electron chi connectivity index (χ0n) is 13.4. The highest BCUT2D eigenvalue weighted by molar-refractivity contribution is 7.92. The van der Waals surface area contributed by atoms with Crippen LogP contribution in [0, 0.1) is 0 Å². The summed E-state index contributed by atoms with van der Waals surface area (Å²) < 4.78 is 57.9. The van der Waals surface area contributed by atoms with E-state index in [0.29, 0.717) is 25.2 Å². The predicted octanol–water partition coefficient (Wildman–Crippen LogP) is 1.35. The van der Waals surface area contributed by atoms with E-state index in [2.05, 4.69) is 0 Å². The van der Waals surface area contributed by atoms with Crippen molar-refractivity contribution in [1.82, 2.24) is 4.31 Å². The van der Waals surface area contributed by atoms with E-state index < -0.39 is 25.4 Å². The Balaban J connectivity index is 1.78. The summed E-state index contributed by atoms with van der Waals surface area (Å²) in [5.74, 6) is 0.283. The molecule has 2 heterocycles. The molecule has 2 aliphatic heterocycles. The fourth-order valence-electron chi connectivity index (χ4n) is 4.05. The summed E-state index contributed by atoms with van der Waals surface area (Å²) in [5.41, 5.74) is 0.155. The maximum Gasteiger partial charge on any atom is 0.247 e. The van der Waals surface area contributed by atoms with Crippen LogP contribution < -0.4 is 4.74 Å². The lowest BCUT2D eigenvalue weighted by Gasteiger charge is -2.51. The Morgan fingerprint density at radius 3 is 2.67 bits per heavy atom. The second-order valence-corrected chi connectivity index (χ2v) is 11.0. The van der Waals surface area contributed by atoms with Crippen molar-refractivity contribution in [2.45, 2.75) is 42.5 Å². The number of ether oxygens (including phenoxy) is 1. The summed E-state index contributed by atoms with van der Waals surface area (Å²) in [7, 11) is -6.96. The molecule has 8 heteroatoms. The van der Waals surface area contributed by atoms with E-state index in [-0.39, 0.29) is 22.9 Å². The molecule has 1 spiro atoms. The van der Waals surface area contributed by atoms with Crippen LogP contribution in [0.2, 0.25) is 0 Å². The molecule has 0 radical (unpaired) electrons. The molecule has 0 bridgehead atoms. The van der Waals surface area contributed by atoms with Gasteiger partial charge in [-0.3, -0.25) is 0 Å². The Morgan fingerprint density at radius 2 is 1.96 bits per heavy atom. The zero-order chi connectivity index (χ0) is 17.0. The van der Waals surface area contributed by atoms with E-state index in [1.807, 2.05) is 6.07 Å². The van der Waals surface area contributed by atoms with Gasteiger partial charge in [0.25, 0.3) is 0 Å². The first-order valence-corrected chi connectivity index (χ1v) is 11.6. The maximum absolute atomic E-state index is 13.3. The predicted molar refractivity (Wildman–Crippen MR) is 89.4 cm³/mol. The van der Waals surface area contributed by atoms with Crippen LogP contribution in [0.1, 0.15) is 31.2 Å². The van der Waals surface area contributed by atoms with Gasteiger partial charge in [0, 0.05) is 6.54 Å². The van der Waals surface area contributed by atoms with Gasteiger partial charge in [-0.15, -0.1) is 0 Å². The number of para-hydroxylation sites is 1. The molecule has 2 fully saturated rings. The van der Waals surface area contributed by atoms with Gasteiger partial charge in [0.15, 0.2) is 9.84 Å². The van der Waals surface area contributed by atoms with Gasteiger partial charge in [0.1, 0.15) is 10.6 Å². The number of benzene rings is 1. The van der Waals surface area contributed by atoms with Crippen LogP contribution in [0.25, 0.3) is 0 Å². The number of aryl methyl sites for hydroxylation is 1. The molecule has 0 atom stereocenters. The van der Waals surface area contributed by atoms with Crippen molar-refractivity contribution in [3.05, 3.63) is 23.8 Å². The molecular weight excluding hydrogens is 350 g/mol. The first-order valence-electron chi connectivity index (χ1n) is 8.32. The van der Waals surface area contributed by atoms with E-state index in [9.17, 15) is 16.8 Å². The molecule has 1 saturated heterocycles. The minimum atomic E-state index is -3.78. The lowest BCUT2D eigenvalue weighted by Crippen LogP contribution is -2.64. The molecule has 3 aliphatic rings. The van der Waals surface area contributed by atoms with Crippen molar-refractivity contribution in [1.29, 1.82) is 0 Å². The molecule has 1 aromatic carbocycles. The average molecular weight is 371 g/mol. The Morgan fingerprint density at radius 1 is 1.17 bits per heavy atom. The van der Waals surface area contributed by atoms with Crippen LogP contribution in [0.5, 0.6) is 5.75 Å². The number of fused-ring (bicyclic) bond motifs is 1. The third-order valence-corrected chi connectivity index (χ3v) is 9.18. The third-order valence-electron chi connectivity index (χ3n) is 5.37. The van der Waals surface area contributed by atoms with Gasteiger partial charge in [-0.25, -0.2) is 16.8 Å². The van der Waals surface area contributed by atoms with Gasteiger partial charge >= 0.3 is 0 Å². The molecule has 6 nitrogen and oxygen atoms in total. The number of nitrogens with zero attached hydrogens (tertiary/aromatic N) is 1. The van der Waals surface area contributed by atoms with Crippen molar-refractivity contribution < 1.29 is 21.6 Å². The van der Waals surface area contributed by atoms with Crippen molar-refractivity contribution in [2.75, 3.05) is 24.7 Å². The second-order valence-electron chi connectivity index (χ2n) is 6.94. The quantitative estimate of drug-likeness (QED) is 0.784. The van der Waals surface area contributed by atoms with E-state index in [1.165, 1.54) is 4.31 Å². The summed E-state index contributed by atoms with van der Waals surface area (Å²) in [6.45, 7) is 0.549. The zero-order valence-corrected chi connectivity index (χ0v) is 15.0. The fourth-order valence-corrected chi connectivity index (χ4v) is 8.11. The molecular formula is C16H21NO5S2. The van der Waals surface area contributed by atoms with Crippen LogP contribution in [-0.4, -0.2) is 51.3 Å². The van der Waals surface area contributed by atoms with Gasteiger partial charge in [0.05, 0.1) is 23.7 Å². The normalized spacial score (nSPS) is 25.5. The highest BCUT2D eigenvalue weighted by Gasteiger charge is 2.54. The minimum Gasteiger partial charge on any atom is -0.492 e. The van der Waals surface area contributed by atoms with Gasteiger partial charge < -0.3 is 4.74 Å². The Bertz CT molecular complexity index is 872. The third kappa shape index (κ3) is 2.46. The van der Waals surface area contributed by atoms with Crippen LogP contribution in [0.15, 0.2) is 23.1 Å². The van der Waals surface area contributed by atoms with E-state index in [1.54, 1.807) is 12.1 Å². The number of hydrogen-bond donors (Lipinski definition) is 0. The number of hydrogen-bond acceptors (Lipinski definition) is 5. The second kappa shape index (κ2) is 5.44. The van der Waals surface area contributed by atoms with E-state index >= 15 is 0 Å². The minimum absolute atomic E-state index is 0.0360. The SMILES string of the molecule is O=S1(=O)CCN(S(=O)(=O)c2cccc3c2OCCC3)C2(CCC2)C1. The van der Waals surface area contributed by atoms with Crippen molar-refractivity contribution in [2.24, 2.45) is 0 Å². The van der Waals surface area contributed by atoms with Gasteiger partial charge in [-0.05, 0) is 43.7 Å². The standard InChI is InChI=1S/C16H21NO5S2/c18-23(19)11-9-17(16(12-23)7-3-8-16)24(20,21)14-6-1-4-13-5-2-10-22-15(13)14/h1,4,6H,2-3,5,7-12H2. The molecule has 4 rings (SSSR count). The van der Waals surface area contributed by atoms with Gasteiger partial charge in [-0.1, -0.05) is 12.1 Å². The van der Waals surface area contributed by atoms with E-state index in [0.717, 1.165) is 24.8 Å². The molecule has 0 unspecified atom stereocenters. The summed E-state index contributed by atoms with van der Waals surface area (Å²) in [5, 5.41) is 0. The van der Waals surface area contributed by atoms with Crippen LogP contribution in [0.4, 0.5) is 0 Å². The fraction of sp³-hybridized carbons (Fsp3) is 0.625. The Kier molecular flexibility index (Phi) is 3.71. The van der Waals surface area contributed by atoms with Crippen LogP contribution in [-0.2, 0) is 26.3 Å². The monoisotopic (exact) mass is 371 g/mol. The highest BCUT2D eigenvalue weighted by atomic mass is 32.2. The molecule has 1 aromatic rings. The van der Waals surface area contributed by atoms with Crippen molar-refractivity contribution in [3.63, 3.8) is 0 Å². The topological polar surface area (TPSA) is 80.8 Å². The highest BCUT2D eigenvalue weighted by Crippen LogP contribution is 2.45. The van der Waals surface area contributed by atoms with Gasteiger partial charge in [-0.2, -0.15) is 4.31 Å². The molecule has 132 valence electrons. The van der Waals surface area contributed by atoms with Crippen LogP contribution >= 0.6 is 0 Å². The summed E-state index contributed by atoms with van der Waals surface area (Å²) in [6, 6.07) is 5.22. The molecule has 0 amide bonds. The largest absolute Gasteiger partial charge is 0.492 e. The molecule has 0 N–H and O–H groups in total. The number of rotatable bonds is 2. The first kappa shape index (κ1) is 16.4. The Labute approximate surface area is 142 Å². The summed E-state index contributed by atoms with van der Waals surface area (Å²) in [6.07, 6.45) is 3.77. The first-order chi connectivity index (χ1) is 11.3. The molecule has 0 aromatic heterocycles. The number of sulfonamides is 1. The summed E-state index contributed by atoms with van der Waals surface area (Å²) in [4.78, 5) is 0.185. The van der Waals surface area contributed by atoms with E-state index in [4.69, 9.17) is 4.74 Å². The number of sulfone groups is 1. The van der Waals surface area contributed by atoms with Crippen molar-refractivity contribution in [3.8, 4) is 5.75 Å². The lowest BCUT2D eigenvalue weighted by atomic mass is 9.78. The molecule has 1 saturated carbocycles. The van der Waals surface area contributed by atoms with Crippen molar-refractivity contribution >= 4 is 19.9 Å². The lowest BCUT2D eigenvalue weighted by molar-refractivity contribution is 0.109. The molecule has 1 aliphatic carbocycles. The Hall–Kier alpha value is -1.12. The van der Waals surface area contributed by atoms with Crippen LogP contribution in [0.3, 0.4) is 0 Å². The molecule has 24 heavy (non-hydrogen) atoms. The average Bonchev–Trinajstić information content (AvgIpc) is 2.51. The smallest absolute Gasteiger partial charge is 0.247 e. The van der Waals surface area contributed by atoms with Gasteiger partial charge in [0.2, 0.25) is 10.0 Å². The maximum atomic E-state index is 13.3. The summed E-state index contributed by atoms with van der Waals surface area (Å²) >= 11 is 0.